The normalized spacial score (nSPS) is 20.3. The van der Waals surface area contributed by atoms with Crippen LogP contribution < -0.4 is 5.32 Å². The van der Waals surface area contributed by atoms with Crippen molar-refractivity contribution in [3.63, 3.8) is 0 Å². The third-order valence-electron chi connectivity index (χ3n) is 3.70. The van der Waals surface area contributed by atoms with E-state index < -0.39 is 0 Å². The van der Waals surface area contributed by atoms with Crippen molar-refractivity contribution in [2.45, 2.75) is 45.7 Å². The van der Waals surface area contributed by atoms with Gasteiger partial charge in [0.1, 0.15) is 0 Å². The second-order valence-electron chi connectivity index (χ2n) is 6.42. The zero-order valence-corrected chi connectivity index (χ0v) is 12.2. The number of rotatable bonds is 3. The molecule has 1 saturated heterocycles. The van der Waals surface area contributed by atoms with E-state index in [4.69, 9.17) is 0 Å². The van der Waals surface area contributed by atoms with Gasteiger partial charge in [0.2, 0.25) is 0 Å². The first-order valence-corrected chi connectivity index (χ1v) is 7.02. The highest BCUT2D eigenvalue weighted by molar-refractivity contribution is 5.24. The Morgan fingerprint density at radius 1 is 1.22 bits per heavy atom. The lowest BCUT2D eigenvalue weighted by Crippen LogP contribution is -2.56. The molecule has 0 radical (unpaired) electrons. The van der Waals surface area contributed by atoms with Crippen LogP contribution in [0, 0.1) is 0 Å². The van der Waals surface area contributed by atoms with Crippen molar-refractivity contribution in [1.29, 1.82) is 0 Å². The third-order valence-corrected chi connectivity index (χ3v) is 3.70. The molecule has 0 amide bonds. The summed E-state index contributed by atoms with van der Waals surface area (Å²) in [6, 6.07) is 9.11. The van der Waals surface area contributed by atoms with Gasteiger partial charge in [0.05, 0.1) is 0 Å². The first kappa shape index (κ1) is 13.6. The maximum atomic E-state index is 3.56. The fourth-order valence-corrected chi connectivity index (χ4v) is 2.65. The minimum Gasteiger partial charge on any atom is -0.309 e. The van der Waals surface area contributed by atoms with Crippen LogP contribution >= 0.6 is 0 Å². The average molecular weight is 246 g/mol. The molecule has 18 heavy (non-hydrogen) atoms. The number of piperazine rings is 1. The van der Waals surface area contributed by atoms with Crippen molar-refractivity contribution in [2.24, 2.45) is 0 Å². The van der Waals surface area contributed by atoms with Crippen molar-refractivity contribution in [2.75, 3.05) is 19.6 Å². The van der Waals surface area contributed by atoms with Crippen molar-refractivity contribution in [1.82, 2.24) is 10.2 Å². The maximum Gasteiger partial charge on any atom is 0.0252 e. The van der Waals surface area contributed by atoms with Gasteiger partial charge in [-0.05, 0) is 30.9 Å². The van der Waals surface area contributed by atoms with Gasteiger partial charge in [-0.25, -0.2) is 0 Å². The summed E-state index contributed by atoms with van der Waals surface area (Å²) in [5.41, 5.74) is 3.10. The van der Waals surface area contributed by atoms with Gasteiger partial charge in [0.15, 0.2) is 0 Å². The largest absolute Gasteiger partial charge is 0.309 e. The predicted molar refractivity (Wildman–Crippen MR) is 77.9 cm³/mol. The highest BCUT2D eigenvalue weighted by Crippen LogP contribution is 2.17. The number of nitrogens with zero attached hydrogens (tertiary/aromatic N) is 1. The molecular weight excluding hydrogens is 220 g/mol. The Hall–Kier alpha value is -0.860. The van der Waals surface area contributed by atoms with Crippen LogP contribution in [0.1, 0.15) is 44.7 Å². The van der Waals surface area contributed by atoms with Crippen LogP contribution in [-0.2, 0) is 6.54 Å². The van der Waals surface area contributed by atoms with Gasteiger partial charge >= 0.3 is 0 Å². The second kappa shape index (κ2) is 5.41. The number of benzene rings is 1. The molecule has 1 aromatic rings. The molecular formula is C16H26N2. The molecule has 1 heterocycles. The zero-order valence-electron chi connectivity index (χ0n) is 12.2. The Bertz CT molecular complexity index is 379. The van der Waals surface area contributed by atoms with Gasteiger partial charge < -0.3 is 5.32 Å². The highest BCUT2D eigenvalue weighted by atomic mass is 15.2. The summed E-state index contributed by atoms with van der Waals surface area (Å²) in [6.45, 7) is 13.5. The van der Waals surface area contributed by atoms with E-state index in [9.17, 15) is 0 Å². The zero-order chi connectivity index (χ0) is 13.2. The fourth-order valence-electron chi connectivity index (χ4n) is 2.65. The van der Waals surface area contributed by atoms with Crippen LogP contribution in [0.5, 0.6) is 0 Å². The van der Waals surface area contributed by atoms with Crippen LogP contribution in [0.2, 0.25) is 0 Å². The van der Waals surface area contributed by atoms with Gasteiger partial charge in [0, 0.05) is 31.7 Å². The molecule has 1 N–H and O–H groups in total. The molecule has 2 rings (SSSR count). The molecule has 0 spiro atoms. The molecule has 1 fully saturated rings. The summed E-state index contributed by atoms with van der Waals surface area (Å²) in [6.07, 6.45) is 0. The van der Waals surface area contributed by atoms with E-state index in [0.29, 0.717) is 5.92 Å². The lowest BCUT2D eigenvalue weighted by molar-refractivity contribution is 0.148. The summed E-state index contributed by atoms with van der Waals surface area (Å²) in [4.78, 5) is 2.54. The Morgan fingerprint density at radius 3 is 2.44 bits per heavy atom. The minimum atomic E-state index is 0.246. The van der Waals surface area contributed by atoms with Gasteiger partial charge in [-0.15, -0.1) is 0 Å². The van der Waals surface area contributed by atoms with Crippen molar-refractivity contribution in [3.05, 3.63) is 35.4 Å². The summed E-state index contributed by atoms with van der Waals surface area (Å²) < 4.78 is 0. The van der Waals surface area contributed by atoms with Crippen LogP contribution in [0.25, 0.3) is 0 Å². The summed E-state index contributed by atoms with van der Waals surface area (Å²) >= 11 is 0. The van der Waals surface area contributed by atoms with Gasteiger partial charge in [-0.3, -0.25) is 4.90 Å². The van der Waals surface area contributed by atoms with Crippen LogP contribution in [-0.4, -0.2) is 30.1 Å². The molecule has 0 aromatic heterocycles. The lowest BCUT2D eigenvalue weighted by atomic mass is 10.00. The van der Waals surface area contributed by atoms with E-state index in [1.54, 1.807) is 0 Å². The SMILES string of the molecule is CC(C)c1ccc(CN2CCNC(C)(C)C2)cc1. The molecule has 100 valence electrons. The van der Waals surface area contributed by atoms with E-state index in [2.05, 4.69) is 62.2 Å². The van der Waals surface area contributed by atoms with E-state index in [1.165, 1.54) is 11.1 Å². The van der Waals surface area contributed by atoms with Crippen LogP contribution in [0.4, 0.5) is 0 Å². The summed E-state index contributed by atoms with van der Waals surface area (Å²) in [7, 11) is 0. The van der Waals surface area contributed by atoms with E-state index in [0.717, 1.165) is 26.2 Å². The predicted octanol–water partition coefficient (Wildman–Crippen LogP) is 2.99. The smallest absolute Gasteiger partial charge is 0.0252 e. The topological polar surface area (TPSA) is 15.3 Å². The quantitative estimate of drug-likeness (QED) is 0.882. The second-order valence-corrected chi connectivity index (χ2v) is 6.42. The monoisotopic (exact) mass is 246 g/mol. The Morgan fingerprint density at radius 2 is 1.89 bits per heavy atom. The molecule has 1 aromatic carbocycles. The van der Waals surface area contributed by atoms with E-state index in [-0.39, 0.29) is 5.54 Å². The Balaban J connectivity index is 1.97. The Kier molecular flexibility index (Phi) is 4.08. The maximum absolute atomic E-state index is 3.56. The molecule has 0 saturated carbocycles. The molecule has 0 aliphatic carbocycles. The minimum absolute atomic E-state index is 0.246. The van der Waals surface area contributed by atoms with Crippen molar-refractivity contribution < 1.29 is 0 Å². The lowest BCUT2D eigenvalue weighted by Gasteiger charge is -2.39. The molecule has 0 bridgehead atoms. The average Bonchev–Trinajstić information content (AvgIpc) is 2.28. The van der Waals surface area contributed by atoms with Crippen LogP contribution in [0.3, 0.4) is 0 Å². The standard InChI is InChI=1S/C16H26N2/c1-13(2)15-7-5-14(6-8-15)11-18-10-9-17-16(3,4)12-18/h5-8,13,17H,9-12H2,1-4H3. The fraction of sp³-hybridized carbons (Fsp3) is 0.625. The molecule has 2 heteroatoms. The first-order valence-electron chi connectivity index (χ1n) is 7.02. The molecule has 2 nitrogen and oxygen atoms in total. The summed E-state index contributed by atoms with van der Waals surface area (Å²) in [5.74, 6) is 0.622. The number of nitrogens with one attached hydrogen (secondary N) is 1. The molecule has 0 unspecified atom stereocenters. The van der Waals surface area contributed by atoms with Gasteiger partial charge in [-0.2, -0.15) is 0 Å². The molecule has 1 aliphatic rings. The highest BCUT2D eigenvalue weighted by Gasteiger charge is 2.25. The van der Waals surface area contributed by atoms with Crippen molar-refractivity contribution in [3.8, 4) is 0 Å². The third kappa shape index (κ3) is 3.56. The first-order chi connectivity index (χ1) is 8.46. The number of hydrogen-bond acceptors (Lipinski definition) is 2. The van der Waals surface area contributed by atoms with Crippen LogP contribution in [0.15, 0.2) is 24.3 Å². The summed E-state index contributed by atoms with van der Waals surface area (Å²) in [5, 5.41) is 3.56. The van der Waals surface area contributed by atoms with E-state index >= 15 is 0 Å². The Labute approximate surface area is 111 Å². The molecule has 1 aliphatic heterocycles. The van der Waals surface area contributed by atoms with Gasteiger partial charge in [0.25, 0.3) is 0 Å². The molecule has 0 atom stereocenters. The van der Waals surface area contributed by atoms with Crippen molar-refractivity contribution >= 4 is 0 Å². The van der Waals surface area contributed by atoms with Gasteiger partial charge in [-0.1, -0.05) is 38.1 Å². The van der Waals surface area contributed by atoms with E-state index in [1.807, 2.05) is 0 Å². The number of hydrogen-bond donors (Lipinski definition) is 1.